The standard InChI is InChI=1S/C13H15Cl2NO3S/c1-7(2)12(13(18)19)16-11(17)6-20-10-5-8(14)3-4-9(10)15/h3-5,7,12H,6H2,1-2H3,(H,16,17)(H,18,19)/t12-/m1/s1. The smallest absolute Gasteiger partial charge is 0.326 e. The zero-order chi connectivity index (χ0) is 15.3. The Morgan fingerprint density at radius 3 is 2.55 bits per heavy atom. The van der Waals surface area contributed by atoms with Gasteiger partial charge in [0.15, 0.2) is 0 Å². The van der Waals surface area contributed by atoms with Gasteiger partial charge in [-0.1, -0.05) is 37.0 Å². The largest absolute Gasteiger partial charge is 0.480 e. The fourth-order valence-corrected chi connectivity index (χ4v) is 2.76. The molecule has 20 heavy (non-hydrogen) atoms. The highest BCUT2D eigenvalue weighted by Crippen LogP contribution is 2.29. The van der Waals surface area contributed by atoms with Crippen molar-refractivity contribution in [2.24, 2.45) is 5.92 Å². The highest BCUT2D eigenvalue weighted by Gasteiger charge is 2.23. The number of nitrogens with one attached hydrogen (secondary N) is 1. The molecule has 0 heterocycles. The molecule has 7 heteroatoms. The summed E-state index contributed by atoms with van der Waals surface area (Å²) in [6.45, 7) is 3.47. The summed E-state index contributed by atoms with van der Waals surface area (Å²) in [6, 6.07) is 4.09. The van der Waals surface area contributed by atoms with Gasteiger partial charge in [0.2, 0.25) is 5.91 Å². The van der Waals surface area contributed by atoms with Gasteiger partial charge in [0.05, 0.1) is 10.8 Å². The maximum Gasteiger partial charge on any atom is 0.326 e. The van der Waals surface area contributed by atoms with Crippen LogP contribution in [0.3, 0.4) is 0 Å². The Hall–Kier alpha value is -0.910. The molecule has 1 atom stereocenters. The van der Waals surface area contributed by atoms with Gasteiger partial charge < -0.3 is 10.4 Å². The van der Waals surface area contributed by atoms with E-state index in [0.29, 0.717) is 14.9 Å². The number of carboxylic acids is 1. The molecule has 0 aliphatic carbocycles. The van der Waals surface area contributed by atoms with Crippen LogP contribution in [-0.4, -0.2) is 28.8 Å². The first kappa shape index (κ1) is 17.1. The van der Waals surface area contributed by atoms with Crippen LogP contribution in [0.1, 0.15) is 13.8 Å². The van der Waals surface area contributed by atoms with E-state index in [-0.39, 0.29) is 17.6 Å². The van der Waals surface area contributed by atoms with E-state index in [1.807, 2.05) is 0 Å². The number of carbonyl (C=O) groups is 2. The second-order valence-corrected chi connectivity index (χ2v) is 6.35. The van der Waals surface area contributed by atoms with Crippen LogP contribution in [-0.2, 0) is 9.59 Å². The van der Waals surface area contributed by atoms with Crippen molar-refractivity contribution in [2.45, 2.75) is 24.8 Å². The van der Waals surface area contributed by atoms with Crippen molar-refractivity contribution in [2.75, 3.05) is 5.75 Å². The Morgan fingerprint density at radius 1 is 1.35 bits per heavy atom. The zero-order valence-corrected chi connectivity index (χ0v) is 13.4. The van der Waals surface area contributed by atoms with E-state index >= 15 is 0 Å². The minimum Gasteiger partial charge on any atom is -0.480 e. The van der Waals surface area contributed by atoms with Crippen LogP contribution >= 0.6 is 35.0 Å². The van der Waals surface area contributed by atoms with E-state index in [2.05, 4.69) is 5.32 Å². The van der Waals surface area contributed by atoms with Crippen LogP contribution in [0, 0.1) is 5.92 Å². The van der Waals surface area contributed by atoms with Crippen molar-refractivity contribution < 1.29 is 14.7 Å². The number of carbonyl (C=O) groups excluding carboxylic acids is 1. The normalized spacial score (nSPS) is 12.2. The minimum atomic E-state index is -1.04. The van der Waals surface area contributed by atoms with Crippen LogP contribution < -0.4 is 5.32 Å². The molecule has 0 radical (unpaired) electrons. The molecule has 0 unspecified atom stereocenters. The number of thioether (sulfide) groups is 1. The monoisotopic (exact) mass is 335 g/mol. The van der Waals surface area contributed by atoms with Crippen molar-refractivity contribution in [3.8, 4) is 0 Å². The molecular formula is C13H15Cl2NO3S. The summed E-state index contributed by atoms with van der Waals surface area (Å²) in [7, 11) is 0. The van der Waals surface area contributed by atoms with Gasteiger partial charge in [-0.3, -0.25) is 4.79 Å². The van der Waals surface area contributed by atoms with Crippen LogP contribution in [0.25, 0.3) is 0 Å². The number of halogens is 2. The molecule has 0 aliphatic rings. The first-order valence-corrected chi connectivity index (χ1v) is 7.65. The summed E-state index contributed by atoms with van der Waals surface area (Å²) in [5, 5.41) is 12.5. The maximum absolute atomic E-state index is 11.8. The third kappa shape index (κ3) is 5.23. The Labute approximate surface area is 131 Å². The molecule has 1 aromatic rings. The van der Waals surface area contributed by atoms with Crippen molar-refractivity contribution in [3.63, 3.8) is 0 Å². The number of hydrogen-bond acceptors (Lipinski definition) is 3. The molecule has 1 aromatic carbocycles. The lowest BCUT2D eigenvalue weighted by atomic mass is 10.1. The van der Waals surface area contributed by atoms with E-state index in [1.54, 1.807) is 32.0 Å². The number of benzene rings is 1. The maximum atomic E-state index is 11.8. The molecule has 2 N–H and O–H groups in total. The van der Waals surface area contributed by atoms with E-state index in [9.17, 15) is 9.59 Å². The summed E-state index contributed by atoms with van der Waals surface area (Å²) in [6.07, 6.45) is 0. The number of amides is 1. The van der Waals surface area contributed by atoms with Gasteiger partial charge in [-0.25, -0.2) is 4.79 Å². The molecule has 0 saturated carbocycles. The van der Waals surface area contributed by atoms with E-state index < -0.39 is 12.0 Å². The topological polar surface area (TPSA) is 66.4 Å². The Bertz CT molecular complexity index is 508. The van der Waals surface area contributed by atoms with Crippen LogP contribution in [0.15, 0.2) is 23.1 Å². The Morgan fingerprint density at radius 2 is 2.00 bits per heavy atom. The predicted octanol–water partition coefficient (Wildman–Crippen LogP) is 3.31. The number of rotatable bonds is 6. The SMILES string of the molecule is CC(C)[C@@H](NC(=O)CSc1cc(Cl)ccc1Cl)C(=O)O. The van der Waals surface area contributed by atoms with Crippen molar-refractivity contribution in [1.82, 2.24) is 5.32 Å². The fourth-order valence-electron chi connectivity index (χ4n) is 1.46. The molecule has 0 aliphatic heterocycles. The first-order chi connectivity index (χ1) is 9.31. The van der Waals surface area contributed by atoms with E-state index in [0.717, 1.165) is 0 Å². The summed E-state index contributed by atoms with van der Waals surface area (Å²) in [5.41, 5.74) is 0. The predicted molar refractivity (Wildman–Crippen MR) is 81.6 cm³/mol. The molecule has 4 nitrogen and oxygen atoms in total. The molecule has 1 amide bonds. The van der Waals surface area contributed by atoms with E-state index in [4.69, 9.17) is 28.3 Å². The minimum absolute atomic E-state index is 0.0799. The van der Waals surface area contributed by atoms with Gasteiger partial charge in [0.1, 0.15) is 6.04 Å². The summed E-state index contributed by atoms with van der Waals surface area (Å²) in [5.74, 6) is -1.50. The second kappa shape index (κ2) is 7.76. The lowest BCUT2D eigenvalue weighted by Gasteiger charge is -2.17. The van der Waals surface area contributed by atoms with Crippen molar-refractivity contribution in [1.29, 1.82) is 0 Å². The zero-order valence-electron chi connectivity index (χ0n) is 11.0. The van der Waals surface area contributed by atoms with E-state index in [1.165, 1.54) is 11.8 Å². The second-order valence-electron chi connectivity index (χ2n) is 4.49. The number of hydrogen-bond donors (Lipinski definition) is 2. The highest BCUT2D eigenvalue weighted by atomic mass is 35.5. The van der Waals surface area contributed by atoms with Gasteiger partial charge >= 0.3 is 5.97 Å². The molecular weight excluding hydrogens is 321 g/mol. The Kier molecular flexibility index (Phi) is 6.65. The molecule has 0 fully saturated rings. The van der Waals surface area contributed by atoms with Gasteiger partial charge in [-0.2, -0.15) is 0 Å². The Balaban J connectivity index is 2.59. The first-order valence-electron chi connectivity index (χ1n) is 5.91. The van der Waals surface area contributed by atoms with Gasteiger partial charge in [-0.05, 0) is 24.1 Å². The number of aliphatic carboxylic acids is 1. The quantitative estimate of drug-likeness (QED) is 0.782. The fraction of sp³-hybridized carbons (Fsp3) is 0.385. The lowest BCUT2D eigenvalue weighted by molar-refractivity contribution is -0.142. The van der Waals surface area contributed by atoms with Gasteiger partial charge in [0, 0.05) is 9.92 Å². The summed E-state index contributed by atoms with van der Waals surface area (Å²) in [4.78, 5) is 23.4. The van der Waals surface area contributed by atoms with Gasteiger partial charge in [-0.15, -0.1) is 11.8 Å². The van der Waals surface area contributed by atoms with Crippen LogP contribution in [0.2, 0.25) is 10.0 Å². The van der Waals surface area contributed by atoms with Crippen molar-refractivity contribution in [3.05, 3.63) is 28.2 Å². The summed E-state index contributed by atoms with van der Waals surface area (Å²) >= 11 is 13.0. The lowest BCUT2D eigenvalue weighted by Crippen LogP contribution is -2.45. The van der Waals surface area contributed by atoms with Crippen LogP contribution in [0.4, 0.5) is 0 Å². The molecule has 0 spiro atoms. The molecule has 1 rings (SSSR count). The molecule has 0 saturated heterocycles. The third-order valence-electron chi connectivity index (χ3n) is 2.50. The summed E-state index contributed by atoms with van der Waals surface area (Å²) < 4.78 is 0. The highest BCUT2D eigenvalue weighted by molar-refractivity contribution is 8.00. The number of carboxylic acid groups (broad SMARTS) is 1. The average molecular weight is 336 g/mol. The molecule has 0 bridgehead atoms. The van der Waals surface area contributed by atoms with Crippen LogP contribution in [0.5, 0.6) is 0 Å². The average Bonchev–Trinajstić information content (AvgIpc) is 2.36. The van der Waals surface area contributed by atoms with Gasteiger partial charge in [0.25, 0.3) is 0 Å². The molecule has 110 valence electrons. The third-order valence-corrected chi connectivity index (χ3v) is 4.23. The molecule has 0 aromatic heterocycles. The van der Waals surface area contributed by atoms with Crippen molar-refractivity contribution >= 4 is 46.8 Å².